The Hall–Kier alpha value is 0.197. The van der Waals surface area contributed by atoms with Gasteiger partial charge in [0.15, 0.2) is 0 Å². The average Bonchev–Trinajstić information content (AvgIpc) is 3.22. The van der Waals surface area contributed by atoms with Crippen LogP contribution >= 0.6 is 0 Å². The summed E-state index contributed by atoms with van der Waals surface area (Å²) in [7, 11) is -3.32. The van der Waals surface area contributed by atoms with Crippen LogP contribution in [0.2, 0.25) is 26.2 Å². The van der Waals surface area contributed by atoms with Gasteiger partial charge in [-0.1, -0.05) is 0 Å². The summed E-state index contributed by atoms with van der Waals surface area (Å²) in [6, 6.07) is 2.42. The van der Waals surface area contributed by atoms with Gasteiger partial charge in [-0.05, 0) is 0 Å². The molecule has 174 valence electrons. The van der Waals surface area contributed by atoms with E-state index in [0.29, 0.717) is 24.2 Å². The van der Waals surface area contributed by atoms with Crippen molar-refractivity contribution >= 4 is 16.5 Å². The van der Waals surface area contributed by atoms with Gasteiger partial charge < -0.3 is 0 Å². The summed E-state index contributed by atoms with van der Waals surface area (Å²) in [6.45, 7) is 29.5. The van der Waals surface area contributed by atoms with Gasteiger partial charge in [0.1, 0.15) is 0 Å². The van der Waals surface area contributed by atoms with Gasteiger partial charge in [-0.2, -0.15) is 0 Å². The molecule has 0 radical (unpaired) electrons. The number of hydrogen-bond acceptors (Lipinski definition) is 2. The van der Waals surface area contributed by atoms with E-state index in [0.717, 1.165) is 0 Å². The van der Waals surface area contributed by atoms with Crippen LogP contribution < -0.4 is 0 Å². The second kappa shape index (κ2) is 10.6. The van der Waals surface area contributed by atoms with Gasteiger partial charge in [0.05, 0.1) is 0 Å². The van der Waals surface area contributed by atoms with Crippen molar-refractivity contribution in [3.63, 3.8) is 0 Å². The molecule has 0 spiro atoms. The van der Waals surface area contributed by atoms with E-state index >= 15 is 0 Å². The zero-order valence-corrected chi connectivity index (χ0v) is 26.9. The molecule has 0 heterocycles. The SMILES string of the molecule is CC(C)N(C(C)C)[Si](C)(C)C1=[C]([Zr][C]2=C([Si](C)(C)N(C(C)C)C(C)C)C=CC2)CC=C1. The Kier molecular flexibility index (Phi) is 9.41. The van der Waals surface area contributed by atoms with Crippen LogP contribution in [0, 0.1) is 0 Å². The molecular weight excluding hydrogens is 488 g/mol. The molecule has 0 bridgehead atoms. The normalized spacial score (nSPS) is 18.0. The number of rotatable bonds is 10. The van der Waals surface area contributed by atoms with Gasteiger partial charge in [-0.15, -0.1) is 0 Å². The van der Waals surface area contributed by atoms with E-state index in [-0.39, 0.29) is 0 Å². The molecule has 2 aliphatic carbocycles. The molecule has 0 amide bonds. The standard InChI is InChI=1S/2C13H24NSi.Zr/c2*1-11(2)14(12(3)4)15(5,6)13-9-7-8-10-13;/h2*7,9,11-12H,8H2,1-6H3;. The van der Waals surface area contributed by atoms with Crippen molar-refractivity contribution in [2.24, 2.45) is 0 Å². The molecule has 2 aliphatic rings. The zero-order chi connectivity index (χ0) is 23.7. The van der Waals surface area contributed by atoms with Crippen LogP contribution in [0.4, 0.5) is 0 Å². The predicted octanol–water partition coefficient (Wildman–Crippen LogP) is 7.22. The molecular formula is C26H48N2Si2Zr. The third-order valence-corrected chi connectivity index (χ3v) is 20.3. The van der Waals surface area contributed by atoms with Crippen LogP contribution in [0.5, 0.6) is 0 Å². The number of hydrogen-bond donors (Lipinski definition) is 0. The van der Waals surface area contributed by atoms with E-state index in [9.17, 15) is 0 Å². The fourth-order valence-corrected chi connectivity index (χ4v) is 23.4. The van der Waals surface area contributed by atoms with E-state index in [2.05, 4.69) is 115 Å². The van der Waals surface area contributed by atoms with E-state index in [1.165, 1.54) is 12.8 Å². The van der Waals surface area contributed by atoms with Crippen molar-refractivity contribution in [1.29, 1.82) is 0 Å². The molecule has 0 aromatic carbocycles. The summed E-state index contributed by atoms with van der Waals surface area (Å²) in [5.74, 6) is 0. The Morgan fingerprint density at radius 3 is 1.16 bits per heavy atom. The molecule has 0 aromatic heterocycles. The van der Waals surface area contributed by atoms with E-state index in [4.69, 9.17) is 0 Å². The minimum absolute atomic E-state index is 0.606. The van der Waals surface area contributed by atoms with Crippen LogP contribution in [0.25, 0.3) is 0 Å². The third kappa shape index (κ3) is 5.83. The van der Waals surface area contributed by atoms with Crippen molar-refractivity contribution in [3.05, 3.63) is 41.3 Å². The first kappa shape index (κ1) is 27.4. The third-order valence-electron chi connectivity index (χ3n) is 7.00. The van der Waals surface area contributed by atoms with E-state index in [1.807, 2.05) is 6.56 Å². The first-order valence-electron chi connectivity index (χ1n) is 12.4. The van der Waals surface area contributed by atoms with Gasteiger partial charge in [-0.25, -0.2) is 0 Å². The quantitative estimate of drug-likeness (QED) is 0.272. The average molecular weight is 536 g/mol. The van der Waals surface area contributed by atoms with Crippen molar-refractivity contribution in [3.8, 4) is 0 Å². The molecule has 0 aromatic rings. The fraction of sp³-hybridized carbons (Fsp3) is 0.692. The van der Waals surface area contributed by atoms with Gasteiger partial charge in [0.2, 0.25) is 0 Å². The topological polar surface area (TPSA) is 6.48 Å². The van der Waals surface area contributed by atoms with Crippen molar-refractivity contribution in [1.82, 2.24) is 9.13 Å². The van der Waals surface area contributed by atoms with Gasteiger partial charge in [0.25, 0.3) is 0 Å². The number of allylic oxidation sites excluding steroid dienone is 8. The van der Waals surface area contributed by atoms with Crippen LogP contribution in [0.1, 0.15) is 68.2 Å². The Labute approximate surface area is 207 Å². The van der Waals surface area contributed by atoms with Gasteiger partial charge >= 0.3 is 209 Å². The maximum absolute atomic E-state index is 2.84. The van der Waals surface area contributed by atoms with E-state index < -0.39 is 39.7 Å². The minimum atomic E-state index is -1.66. The first-order valence-corrected chi connectivity index (χ1v) is 20.7. The summed E-state index contributed by atoms with van der Waals surface area (Å²) < 4.78 is 9.43. The Balaban J connectivity index is 2.45. The molecule has 0 unspecified atom stereocenters. The summed E-state index contributed by atoms with van der Waals surface area (Å²) in [5.41, 5.74) is 0. The molecule has 2 nitrogen and oxygen atoms in total. The van der Waals surface area contributed by atoms with Crippen LogP contribution in [-0.4, -0.2) is 49.8 Å². The zero-order valence-electron chi connectivity index (χ0n) is 22.4. The second-order valence-corrected chi connectivity index (χ2v) is 23.4. The van der Waals surface area contributed by atoms with Gasteiger partial charge in [-0.3, -0.25) is 0 Å². The van der Waals surface area contributed by atoms with Crippen molar-refractivity contribution < 1.29 is 23.2 Å². The Morgan fingerprint density at radius 2 is 0.903 bits per heavy atom. The summed E-state index contributed by atoms with van der Waals surface area (Å²) in [6.07, 6.45) is 12.4. The molecule has 0 saturated carbocycles. The fourth-order valence-electron chi connectivity index (χ4n) is 6.63. The molecule has 2 rings (SSSR count). The monoisotopic (exact) mass is 534 g/mol. The Bertz CT molecular complexity index is 690. The molecule has 5 heteroatoms. The maximum atomic E-state index is 2.84. The summed E-state index contributed by atoms with van der Waals surface area (Å²) in [5, 5.41) is 3.54. The molecule has 31 heavy (non-hydrogen) atoms. The second-order valence-electron chi connectivity index (χ2n) is 11.4. The molecule has 0 aliphatic heterocycles. The molecule has 0 atom stereocenters. The molecule has 0 fully saturated rings. The molecule has 0 N–H and O–H groups in total. The van der Waals surface area contributed by atoms with E-state index in [1.54, 1.807) is 10.4 Å². The summed E-state index contributed by atoms with van der Waals surface area (Å²) in [4.78, 5) is 0. The van der Waals surface area contributed by atoms with Crippen molar-refractivity contribution in [2.45, 2.75) is 119 Å². The van der Waals surface area contributed by atoms with Gasteiger partial charge in [0, 0.05) is 0 Å². The van der Waals surface area contributed by atoms with Crippen LogP contribution in [0.3, 0.4) is 0 Å². The van der Waals surface area contributed by atoms with Crippen LogP contribution in [0.15, 0.2) is 41.3 Å². The predicted molar refractivity (Wildman–Crippen MR) is 141 cm³/mol. The first-order chi connectivity index (χ1) is 14.2. The summed E-state index contributed by atoms with van der Waals surface area (Å²) >= 11 is -0.755. The van der Waals surface area contributed by atoms with Crippen molar-refractivity contribution in [2.75, 3.05) is 0 Å². The molecule has 0 saturated heterocycles. The number of nitrogens with zero attached hydrogens (tertiary/aromatic N) is 2. The Morgan fingerprint density at radius 1 is 0.613 bits per heavy atom. The van der Waals surface area contributed by atoms with Crippen LogP contribution in [-0.2, 0) is 23.2 Å².